The van der Waals surface area contributed by atoms with Crippen molar-refractivity contribution < 1.29 is 9.90 Å². The number of hydrogen-bond acceptors (Lipinski definition) is 3. The van der Waals surface area contributed by atoms with Gasteiger partial charge in [0, 0.05) is 30.9 Å². The maximum atomic E-state index is 12.5. The summed E-state index contributed by atoms with van der Waals surface area (Å²) in [4.78, 5) is 23.8. The van der Waals surface area contributed by atoms with E-state index in [-0.39, 0.29) is 5.56 Å². The Labute approximate surface area is 120 Å². The van der Waals surface area contributed by atoms with Crippen LogP contribution in [0.5, 0.6) is 0 Å². The minimum atomic E-state index is -1.21. The van der Waals surface area contributed by atoms with Crippen LogP contribution in [0.25, 0.3) is 21.8 Å². The number of pyridine rings is 1. The number of hydrogen-bond donors (Lipinski definition) is 1. The van der Waals surface area contributed by atoms with E-state index >= 15 is 0 Å². The van der Waals surface area contributed by atoms with Crippen molar-refractivity contribution in [3.63, 3.8) is 0 Å². The van der Waals surface area contributed by atoms with Crippen molar-refractivity contribution in [3.8, 4) is 0 Å². The normalized spacial score (nSPS) is 11.3. The van der Waals surface area contributed by atoms with Gasteiger partial charge in [0.25, 0.3) is 0 Å². The van der Waals surface area contributed by atoms with Gasteiger partial charge in [0.05, 0.1) is 10.9 Å². The topological polar surface area (TPSA) is 77.1 Å². The van der Waals surface area contributed by atoms with Gasteiger partial charge in [-0.1, -0.05) is 0 Å². The third-order valence-electron chi connectivity index (χ3n) is 3.66. The monoisotopic (exact) mass is 285 g/mol. The van der Waals surface area contributed by atoms with Crippen LogP contribution in [0.1, 0.15) is 24.2 Å². The van der Waals surface area contributed by atoms with E-state index in [9.17, 15) is 14.7 Å². The molecule has 0 aliphatic carbocycles. The van der Waals surface area contributed by atoms with Crippen LogP contribution < -0.4 is 5.43 Å². The number of carboxylic acid groups (broad SMARTS) is 1. The Morgan fingerprint density at radius 3 is 2.62 bits per heavy atom. The molecule has 0 atom stereocenters. The highest BCUT2D eigenvalue weighted by molar-refractivity contribution is 6.05. The Bertz CT molecular complexity index is 921. The third kappa shape index (κ3) is 1.91. The molecule has 0 amide bonds. The van der Waals surface area contributed by atoms with E-state index < -0.39 is 11.4 Å². The molecule has 0 fully saturated rings. The molecule has 1 aromatic carbocycles. The first-order chi connectivity index (χ1) is 10.1. The molecule has 3 aromatic rings. The molecule has 21 heavy (non-hydrogen) atoms. The number of aromatic carboxylic acids is 1. The molecular formula is C15H15N3O3. The average molecular weight is 285 g/mol. The maximum Gasteiger partial charge on any atom is 0.341 e. The second-order valence-electron chi connectivity index (χ2n) is 4.85. The molecule has 2 heterocycles. The zero-order valence-corrected chi connectivity index (χ0v) is 11.8. The van der Waals surface area contributed by atoms with Crippen LogP contribution in [0.2, 0.25) is 0 Å². The number of benzene rings is 1. The first-order valence-corrected chi connectivity index (χ1v) is 6.83. The van der Waals surface area contributed by atoms with Gasteiger partial charge in [-0.3, -0.25) is 9.48 Å². The fourth-order valence-electron chi connectivity index (χ4n) is 2.58. The van der Waals surface area contributed by atoms with Crippen molar-refractivity contribution in [2.45, 2.75) is 26.9 Å². The van der Waals surface area contributed by atoms with E-state index in [0.29, 0.717) is 29.5 Å². The van der Waals surface area contributed by atoms with Gasteiger partial charge >= 0.3 is 5.97 Å². The molecular weight excluding hydrogens is 270 g/mol. The van der Waals surface area contributed by atoms with Gasteiger partial charge in [-0.25, -0.2) is 4.79 Å². The number of carboxylic acids is 1. The Kier molecular flexibility index (Phi) is 3.01. The van der Waals surface area contributed by atoms with Gasteiger partial charge in [0.15, 0.2) is 0 Å². The van der Waals surface area contributed by atoms with Crippen LogP contribution >= 0.6 is 0 Å². The summed E-state index contributed by atoms with van der Waals surface area (Å²) in [6.07, 6.45) is 3.26. The summed E-state index contributed by atoms with van der Waals surface area (Å²) in [6, 6.07) is 3.75. The molecule has 0 radical (unpaired) electrons. The standard InChI is InChI=1S/C15H15N3O3/c1-3-17-8-10(15(20)21)14(19)12-11(17)6-5-9-7-18(4-2)16-13(9)12/h5-8H,3-4H2,1-2H3,(H,20,21). The highest BCUT2D eigenvalue weighted by atomic mass is 16.4. The highest BCUT2D eigenvalue weighted by Gasteiger charge is 2.17. The molecule has 108 valence electrons. The fourth-order valence-corrected chi connectivity index (χ4v) is 2.58. The lowest BCUT2D eigenvalue weighted by Gasteiger charge is -2.10. The van der Waals surface area contributed by atoms with Gasteiger partial charge in [-0.15, -0.1) is 0 Å². The molecule has 0 aliphatic rings. The lowest BCUT2D eigenvalue weighted by molar-refractivity contribution is 0.0695. The third-order valence-corrected chi connectivity index (χ3v) is 3.66. The number of rotatable bonds is 3. The molecule has 3 rings (SSSR count). The lowest BCUT2D eigenvalue weighted by Crippen LogP contribution is -2.19. The van der Waals surface area contributed by atoms with Gasteiger partial charge in [-0.05, 0) is 26.0 Å². The van der Waals surface area contributed by atoms with Gasteiger partial charge in [0.2, 0.25) is 5.43 Å². The van der Waals surface area contributed by atoms with Crippen LogP contribution in [0, 0.1) is 0 Å². The summed E-state index contributed by atoms with van der Waals surface area (Å²) in [5, 5.41) is 14.9. The van der Waals surface area contributed by atoms with Crippen molar-refractivity contribution in [2.24, 2.45) is 0 Å². The summed E-state index contributed by atoms with van der Waals surface area (Å²) in [5.74, 6) is -1.21. The molecule has 0 spiro atoms. The fraction of sp³-hybridized carbons (Fsp3) is 0.267. The van der Waals surface area contributed by atoms with E-state index in [0.717, 1.165) is 5.39 Å². The summed E-state index contributed by atoms with van der Waals surface area (Å²) in [7, 11) is 0. The van der Waals surface area contributed by atoms with Crippen LogP contribution in [0.4, 0.5) is 0 Å². The Hall–Kier alpha value is -2.63. The van der Waals surface area contributed by atoms with Gasteiger partial charge < -0.3 is 9.67 Å². The first-order valence-electron chi connectivity index (χ1n) is 6.83. The highest BCUT2D eigenvalue weighted by Crippen LogP contribution is 2.22. The predicted octanol–water partition coefficient (Wildman–Crippen LogP) is 2.09. The van der Waals surface area contributed by atoms with E-state index in [1.807, 2.05) is 32.2 Å². The number of nitrogens with zero attached hydrogens (tertiary/aromatic N) is 3. The van der Waals surface area contributed by atoms with Crippen molar-refractivity contribution in [3.05, 3.63) is 40.3 Å². The minimum absolute atomic E-state index is 0.220. The van der Waals surface area contributed by atoms with E-state index in [4.69, 9.17) is 0 Å². The molecule has 0 unspecified atom stereocenters. The van der Waals surface area contributed by atoms with Crippen molar-refractivity contribution in [1.29, 1.82) is 0 Å². The largest absolute Gasteiger partial charge is 0.477 e. The van der Waals surface area contributed by atoms with Crippen LogP contribution in [0.15, 0.2) is 29.3 Å². The molecule has 6 heteroatoms. The van der Waals surface area contributed by atoms with E-state index in [2.05, 4.69) is 5.10 Å². The predicted molar refractivity (Wildman–Crippen MR) is 79.8 cm³/mol. The lowest BCUT2D eigenvalue weighted by atomic mass is 10.1. The zero-order chi connectivity index (χ0) is 15.1. The molecule has 0 saturated carbocycles. The molecule has 0 saturated heterocycles. The minimum Gasteiger partial charge on any atom is -0.477 e. The van der Waals surface area contributed by atoms with Crippen LogP contribution in [-0.2, 0) is 13.1 Å². The molecule has 1 N–H and O–H groups in total. The van der Waals surface area contributed by atoms with Crippen LogP contribution in [-0.4, -0.2) is 25.4 Å². The zero-order valence-electron chi connectivity index (χ0n) is 11.8. The quantitative estimate of drug-likeness (QED) is 0.799. The summed E-state index contributed by atoms with van der Waals surface area (Å²) < 4.78 is 3.51. The Balaban J connectivity index is 2.56. The van der Waals surface area contributed by atoms with Gasteiger partial charge in [-0.2, -0.15) is 5.10 Å². The average Bonchev–Trinajstić information content (AvgIpc) is 2.90. The van der Waals surface area contributed by atoms with Crippen molar-refractivity contribution >= 4 is 27.8 Å². The summed E-state index contributed by atoms with van der Waals surface area (Å²) in [6.45, 7) is 5.14. The number of fused-ring (bicyclic) bond motifs is 3. The second-order valence-corrected chi connectivity index (χ2v) is 4.85. The smallest absolute Gasteiger partial charge is 0.341 e. The number of aromatic nitrogens is 3. The Morgan fingerprint density at radius 2 is 2.00 bits per heavy atom. The molecule has 0 aliphatic heterocycles. The van der Waals surface area contributed by atoms with E-state index in [1.54, 1.807) is 9.25 Å². The molecule has 2 aromatic heterocycles. The molecule has 0 bridgehead atoms. The Morgan fingerprint density at radius 1 is 1.24 bits per heavy atom. The van der Waals surface area contributed by atoms with Crippen LogP contribution in [0.3, 0.4) is 0 Å². The second kappa shape index (κ2) is 4.73. The number of aryl methyl sites for hydroxylation is 2. The first kappa shape index (κ1) is 13.4. The molecule has 6 nitrogen and oxygen atoms in total. The maximum absolute atomic E-state index is 12.5. The van der Waals surface area contributed by atoms with Gasteiger partial charge in [0.1, 0.15) is 11.1 Å². The number of carbonyl (C=O) groups is 1. The summed E-state index contributed by atoms with van der Waals surface area (Å²) in [5.41, 5.74) is 0.572. The SMILES string of the molecule is CCn1cc2ccc3c(c(=O)c(C(=O)O)cn3CC)c2n1. The van der Waals surface area contributed by atoms with Crippen molar-refractivity contribution in [1.82, 2.24) is 14.3 Å². The summed E-state index contributed by atoms with van der Waals surface area (Å²) >= 11 is 0. The van der Waals surface area contributed by atoms with E-state index in [1.165, 1.54) is 6.20 Å². The van der Waals surface area contributed by atoms with Crippen molar-refractivity contribution in [2.75, 3.05) is 0 Å².